The van der Waals surface area contributed by atoms with Gasteiger partial charge in [-0.2, -0.15) is 9.97 Å². The standard InChI is InChI=1S/C16H19N5O4/c22-16(23)19-13-11-14(21-6-9-24-10-7-21)20-15(18-13)25-8-4-12-3-1-2-5-17-12/h1-3,5,11H,4,6-10H2,(H,22,23)(H,18,19,20). The van der Waals surface area contributed by atoms with E-state index in [1.807, 2.05) is 23.1 Å². The predicted octanol–water partition coefficient (Wildman–Crippen LogP) is 1.42. The van der Waals surface area contributed by atoms with E-state index >= 15 is 0 Å². The molecule has 1 fully saturated rings. The summed E-state index contributed by atoms with van der Waals surface area (Å²) in [4.78, 5) is 25.6. The largest absolute Gasteiger partial charge is 0.465 e. The fourth-order valence-electron chi connectivity index (χ4n) is 2.40. The number of carbonyl (C=O) groups is 1. The minimum absolute atomic E-state index is 0.128. The number of hydrogen-bond donors (Lipinski definition) is 2. The Morgan fingerprint density at radius 2 is 2.16 bits per heavy atom. The van der Waals surface area contributed by atoms with E-state index in [2.05, 4.69) is 20.3 Å². The summed E-state index contributed by atoms with van der Waals surface area (Å²) in [6.45, 7) is 2.90. The number of nitrogens with zero attached hydrogens (tertiary/aromatic N) is 4. The van der Waals surface area contributed by atoms with Crippen LogP contribution in [0.25, 0.3) is 0 Å². The van der Waals surface area contributed by atoms with Crippen molar-refractivity contribution in [3.8, 4) is 6.01 Å². The number of amides is 1. The quantitative estimate of drug-likeness (QED) is 0.809. The third-order valence-electron chi connectivity index (χ3n) is 3.58. The molecule has 1 saturated heterocycles. The van der Waals surface area contributed by atoms with Crippen LogP contribution in [0.3, 0.4) is 0 Å². The van der Waals surface area contributed by atoms with Crippen LogP contribution in [0.15, 0.2) is 30.5 Å². The Morgan fingerprint density at radius 1 is 1.32 bits per heavy atom. The van der Waals surface area contributed by atoms with Gasteiger partial charge in [0.05, 0.1) is 19.8 Å². The lowest BCUT2D eigenvalue weighted by atomic mass is 10.3. The number of carboxylic acid groups (broad SMARTS) is 1. The summed E-state index contributed by atoms with van der Waals surface area (Å²) >= 11 is 0. The van der Waals surface area contributed by atoms with Crippen LogP contribution >= 0.6 is 0 Å². The van der Waals surface area contributed by atoms with Crippen molar-refractivity contribution < 1.29 is 19.4 Å². The zero-order valence-corrected chi connectivity index (χ0v) is 13.6. The minimum atomic E-state index is -1.19. The molecule has 9 heteroatoms. The zero-order valence-electron chi connectivity index (χ0n) is 13.6. The average Bonchev–Trinajstić information content (AvgIpc) is 2.63. The molecule has 0 unspecified atom stereocenters. The predicted molar refractivity (Wildman–Crippen MR) is 90.1 cm³/mol. The number of pyridine rings is 1. The number of aromatic nitrogens is 3. The van der Waals surface area contributed by atoms with Gasteiger partial charge in [-0.15, -0.1) is 0 Å². The first-order valence-corrected chi connectivity index (χ1v) is 7.95. The summed E-state index contributed by atoms with van der Waals surface area (Å²) in [5.74, 6) is 0.784. The van der Waals surface area contributed by atoms with E-state index in [1.54, 1.807) is 12.3 Å². The Labute approximate surface area is 144 Å². The highest BCUT2D eigenvalue weighted by atomic mass is 16.5. The summed E-state index contributed by atoms with van der Waals surface area (Å²) in [5.41, 5.74) is 0.899. The molecule has 3 heterocycles. The van der Waals surface area contributed by atoms with Gasteiger partial charge in [-0.1, -0.05) is 6.07 Å². The monoisotopic (exact) mass is 345 g/mol. The van der Waals surface area contributed by atoms with E-state index in [0.717, 1.165) is 5.69 Å². The van der Waals surface area contributed by atoms with E-state index in [1.165, 1.54) is 0 Å². The Hall–Kier alpha value is -2.94. The van der Waals surface area contributed by atoms with Crippen LogP contribution in [-0.2, 0) is 11.2 Å². The average molecular weight is 345 g/mol. The summed E-state index contributed by atoms with van der Waals surface area (Å²) in [5, 5.41) is 11.2. The lowest BCUT2D eigenvalue weighted by Gasteiger charge is -2.28. The van der Waals surface area contributed by atoms with Crippen molar-refractivity contribution in [3.05, 3.63) is 36.2 Å². The second-order valence-corrected chi connectivity index (χ2v) is 5.34. The number of nitrogens with one attached hydrogen (secondary N) is 1. The van der Waals surface area contributed by atoms with Crippen LogP contribution in [0.5, 0.6) is 6.01 Å². The van der Waals surface area contributed by atoms with Gasteiger partial charge in [0.1, 0.15) is 11.6 Å². The number of hydrogen-bond acceptors (Lipinski definition) is 7. The molecule has 0 spiro atoms. The number of anilines is 2. The Bertz CT molecular complexity index is 707. The second-order valence-electron chi connectivity index (χ2n) is 5.34. The van der Waals surface area contributed by atoms with Crippen molar-refractivity contribution in [3.63, 3.8) is 0 Å². The first-order chi connectivity index (χ1) is 12.2. The van der Waals surface area contributed by atoms with Gasteiger partial charge in [0.2, 0.25) is 0 Å². The Morgan fingerprint density at radius 3 is 2.88 bits per heavy atom. The van der Waals surface area contributed by atoms with E-state index in [4.69, 9.17) is 14.6 Å². The van der Waals surface area contributed by atoms with E-state index in [9.17, 15) is 4.79 Å². The fourth-order valence-corrected chi connectivity index (χ4v) is 2.40. The van der Waals surface area contributed by atoms with Crippen molar-refractivity contribution in [2.45, 2.75) is 6.42 Å². The van der Waals surface area contributed by atoms with Crippen LogP contribution in [-0.4, -0.2) is 59.1 Å². The molecule has 0 atom stereocenters. The van der Waals surface area contributed by atoms with Crippen LogP contribution in [0, 0.1) is 0 Å². The molecular formula is C16H19N5O4. The van der Waals surface area contributed by atoms with Gasteiger partial charge in [0.15, 0.2) is 0 Å². The van der Waals surface area contributed by atoms with Gasteiger partial charge < -0.3 is 19.5 Å². The normalized spacial score (nSPS) is 14.2. The van der Waals surface area contributed by atoms with E-state index in [0.29, 0.717) is 45.1 Å². The molecule has 0 saturated carbocycles. The minimum Gasteiger partial charge on any atom is -0.465 e. The molecule has 0 aromatic carbocycles. The zero-order chi connectivity index (χ0) is 17.5. The third kappa shape index (κ3) is 5.01. The van der Waals surface area contributed by atoms with Crippen molar-refractivity contribution in [2.75, 3.05) is 43.1 Å². The molecule has 9 nitrogen and oxygen atoms in total. The lowest BCUT2D eigenvalue weighted by Crippen LogP contribution is -2.37. The molecule has 2 N–H and O–H groups in total. The first kappa shape index (κ1) is 16.9. The maximum absolute atomic E-state index is 10.9. The molecule has 1 amide bonds. The maximum atomic E-state index is 10.9. The van der Waals surface area contributed by atoms with Crippen molar-refractivity contribution in [1.82, 2.24) is 15.0 Å². The van der Waals surface area contributed by atoms with Crippen LogP contribution in [0.2, 0.25) is 0 Å². The van der Waals surface area contributed by atoms with Crippen LogP contribution in [0.1, 0.15) is 5.69 Å². The molecule has 3 rings (SSSR count). The van der Waals surface area contributed by atoms with E-state index in [-0.39, 0.29) is 11.8 Å². The van der Waals surface area contributed by atoms with Gasteiger partial charge in [0, 0.05) is 37.5 Å². The topological polar surface area (TPSA) is 110 Å². The Kier molecular flexibility index (Phi) is 5.57. The molecule has 0 bridgehead atoms. The second kappa shape index (κ2) is 8.25. The molecule has 0 aliphatic carbocycles. The molecular weight excluding hydrogens is 326 g/mol. The highest BCUT2D eigenvalue weighted by Gasteiger charge is 2.16. The molecule has 132 valence electrons. The lowest BCUT2D eigenvalue weighted by molar-refractivity contribution is 0.122. The summed E-state index contributed by atoms with van der Waals surface area (Å²) in [6, 6.07) is 7.39. The molecule has 1 aliphatic heterocycles. The third-order valence-corrected chi connectivity index (χ3v) is 3.58. The van der Waals surface area contributed by atoms with Gasteiger partial charge >= 0.3 is 12.1 Å². The van der Waals surface area contributed by atoms with Gasteiger partial charge in [-0.3, -0.25) is 10.3 Å². The molecule has 0 radical (unpaired) electrons. The van der Waals surface area contributed by atoms with Crippen molar-refractivity contribution in [1.29, 1.82) is 0 Å². The van der Waals surface area contributed by atoms with E-state index < -0.39 is 6.09 Å². The molecule has 2 aromatic rings. The Balaban J connectivity index is 1.70. The smallest absolute Gasteiger partial charge is 0.410 e. The van der Waals surface area contributed by atoms with Gasteiger partial charge in [-0.25, -0.2) is 4.79 Å². The highest BCUT2D eigenvalue weighted by molar-refractivity contribution is 5.82. The molecule has 1 aliphatic rings. The number of morpholine rings is 1. The number of rotatable bonds is 6. The van der Waals surface area contributed by atoms with Crippen LogP contribution in [0.4, 0.5) is 16.4 Å². The fraction of sp³-hybridized carbons (Fsp3) is 0.375. The van der Waals surface area contributed by atoms with Crippen molar-refractivity contribution >= 4 is 17.7 Å². The molecule has 25 heavy (non-hydrogen) atoms. The van der Waals surface area contributed by atoms with Gasteiger partial charge in [0.25, 0.3) is 0 Å². The maximum Gasteiger partial charge on any atom is 0.410 e. The first-order valence-electron chi connectivity index (χ1n) is 7.95. The summed E-state index contributed by atoms with van der Waals surface area (Å²) in [6.07, 6.45) is 1.14. The summed E-state index contributed by atoms with van der Waals surface area (Å²) < 4.78 is 10.9. The van der Waals surface area contributed by atoms with Crippen LogP contribution < -0.4 is 15.0 Å². The SMILES string of the molecule is O=C(O)Nc1cc(N2CCOCC2)nc(OCCc2ccccn2)n1. The van der Waals surface area contributed by atoms with Gasteiger partial charge in [-0.05, 0) is 12.1 Å². The highest BCUT2D eigenvalue weighted by Crippen LogP contribution is 2.20. The molecule has 2 aromatic heterocycles. The summed E-state index contributed by atoms with van der Waals surface area (Å²) in [7, 11) is 0. The number of ether oxygens (including phenoxy) is 2. The van der Waals surface area contributed by atoms with Crippen molar-refractivity contribution in [2.24, 2.45) is 0 Å².